The van der Waals surface area contributed by atoms with Gasteiger partial charge in [0.2, 0.25) is 0 Å². The van der Waals surface area contributed by atoms with Crippen LogP contribution in [0.1, 0.15) is 53.9 Å². The van der Waals surface area contributed by atoms with Crippen LogP contribution in [-0.4, -0.2) is 36.2 Å². The average Bonchev–Trinajstić information content (AvgIpc) is 2.91. The second-order valence-electron chi connectivity index (χ2n) is 7.19. The molecule has 0 unspecified atom stereocenters. The Balaban J connectivity index is 1.82. The highest BCUT2D eigenvalue weighted by molar-refractivity contribution is 7.80. The highest BCUT2D eigenvalue weighted by Crippen LogP contribution is 2.38. The molecule has 2 aliphatic rings. The molecule has 6 heteroatoms. The van der Waals surface area contributed by atoms with Crippen molar-refractivity contribution in [1.29, 1.82) is 0 Å². The highest BCUT2D eigenvalue weighted by atomic mass is 32.1. The molecule has 1 saturated heterocycles. The van der Waals surface area contributed by atoms with Crippen LogP contribution < -0.4 is 5.32 Å². The minimum Gasteiger partial charge on any atom is -0.465 e. The van der Waals surface area contributed by atoms with Crippen LogP contribution in [0.25, 0.3) is 0 Å². The Morgan fingerprint density at radius 3 is 2.58 bits per heavy atom. The highest BCUT2D eigenvalue weighted by Gasteiger charge is 2.28. The number of thiophene rings is 1. The molecule has 0 radical (unpaired) electrons. The van der Waals surface area contributed by atoms with E-state index in [0.717, 1.165) is 42.5 Å². The van der Waals surface area contributed by atoms with Crippen molar-refractivity contribution in [2.75, 3.05) is 25.5 Å². The summed E-state index contributed by atoms with van der Waals surface area (Å²) < 4.78 is 5.03. The Kier molecular flexibility index (Phi) is 5.45. The third-order valence-corrected chi connectivity index (χ3v) is 6.50. The number of nitrogens with one attached hydrogen (secondary N) is 1. The maximum atomic E-state index is 12.3. The van der Waals surface area contributed by atoms with Crippen molar-refractivity contribution in [1.82, 2.24) is 4.90 Å². The molecule has 0 aromatic carbocycles. The lowest BCUT2D eigenvalue weighted by Gasteiger charge is -2.36. The minimum absolute atomic E-state index is 0.250. The molecule has 0 amide bonds. The molecule has 1 aromatic heterocycles. The number of carbonyl (C=O) groups excluding carboxylic acids is 1. The molecule has 2 heterocycles. The third kappa shape index (κ3) is 3.59. The van der Waals surface area contributed by atoms with E-state index in [1.807, 2.05) is 0 Å². The molecular weight excluding hydrogens is 340 g/mol. The van der Waals surface area contributed by atoms with E-state index >= 15 is 0 Å². The van der Waals surface area contributed by atoms with Gasteiger partial charge in [-0.15, -0.1) is 11.3 Å². The fourth-order valence-electron chi connectivity index (χ4n) is 3.98. The summed E-state index contributed by atoms with van der Waals surface area (Å²) in [5, 5.41) is 4.97. The molecule has 1 aromatic rings. The number of nitrogens with zero attached hydrogens (tertiary/aromatic N) is 1. The number of rotatable bonds is 2. The summed E-state index contributed by atoms with van der Waals surface area (Å²) in [7, 11) is 1.45. The molecular formula is C18H26N2O2S2. The van der Waals surface area contributed by atoms with Crippen LogP contribution >= 0.6 is 23.6 Å². The summed E-state index contributed by atoms with van der Waals surface area (Å²) >= 11 is 7.33. The Morgan fingerprint density at radius 2 is 1.92 bits per heavy atom. The number of anilines is 1. The van der Waals surface area contributed by atoms with Crippen LogP contribution in [0, 0.1) is 11.8 Å². The molecule has 132 valence electrons. The maximum absolute atomic E-state index is 12.3. The lowest BCUT2D eigenvalue weighted by atomic mass is 9.92. The van der Waals surface area contributed by atoms with Crippen LogP contribution in [0.15, 0.2) is 0 Å². The van der Waals surface area contributed by atoms with E-state index in [0.29, 0.717) is 17.4 Å². The number of carbonyl (C=O) groups is 1. The third-order valence-electron chi connectivity index (χ3n) is 4.94. The van der Waals surface area contributed by atoms with Gasteiger partial charge in [0.05, 0.1) is 12.7 Å². The first-order valence-corrected chi connectivity index (χ1v) is 10.0. The lowest BCUT2D eigenvalue weighted by Crippen LogP contribution is -2.44. The zero-order valence-corrected chi connectivity index (χ0v) is 16.3. The van der Waals surface area contributed by atoms with Gasteiger partial charge in [0, 0.05) is 18.0 Å². The summed E-state index contributed by atoms with van der Waals surface area (Å²) in [6, 6.07) is 0. The van der Waals surface area contributed by atoms with Gasteiger partial charge in [-0.3, -0.25) is 0 Å². The predicted octanol–water partition coefficient (Wildman–Crippen LogP) is 4.09. The molecule has 3 rings (SSSR count). The summed E-state index contributed by atoms with van der Waals surface area (Å²) in [6.45, 7) is 6.51. The number of likely N-dealkylation sites (tertiary alicyclic amines) is 1. The van der Waals surface area contributed by atoms with E-state index in [1.165, 1.54) is 30.4 Å². The molecule has 1 fully saturated rings. The standard InChI is InChI=1S/C18H26N2O2S2/c1-11-8-12(2)10-20(9-11)18(23)19-16-15(17(21)22-3)13-6-4-5-7-14(13)24-16/h11-12H,4-10H2,1-3H3,(H,19,23)/t11-,12+. The van der Waals surface area contributed by atoms with Gasteiger partial charge in [-0.2, -0.15) is 0 Å². The molecule has 4 nitrogen and oxygen atoms in total. The first-order valence-electron chi connectivity index (χ1n) is 8.78. The predicted molar refractivity (Wildman–Crippen MR) is 103 cm³/mol. The number of methoxy groups -OCH3 is 1. The minimum atomic E-state index is -0.250. The van der Waals surface area contributed by atoms with Gasteiger partial charge in [-0.1, -0.05) is 13.8 Å². The molecule has 24 heavy (non-hydrogen) atoms. The Labute approximate surface area is 153 Å². The van der Waals surface area contributed by atoms with Crippen molar-refractivity contribution in [2.24, 2.45) is 11.8 Å². The van der Waals surface area contributed by atoms with Gasteiger partial charge in [0.15, 0.2) is 5.11 Å². The fraction of sp³-hybridized carbons (Fsp3) is 0.667. The molecule has 0 saturated carbocycles. The van der Waals surface area contributed by atoms with E-state index in [9.17, 15) is 4.79 Å². The van der Waals surface area contributed by atoms with Crippen molar-refractivity contribution in [2.45, 2.75) is 46.0 Å². The molecule has 1 aliphatic heterocycles. The number of thiocarbonyl (C=S) groups is 1. The van der Waals surface area contributed by atoms with Crippen molar-refractivity contribution >= 4 is 39.6 Å². The normalized spacial score (nSPS) is 23.5. The smallest absolute Gasteiger partial charge is 0.341 e. The monoisotopic (exact) mass is 366 g/mol. The van der Waals surface area contributed by atoms with E-state index in [4.69, 9.17) is 17.0 Å². The van der Waals surface area contributed by atoms with Crippen LogP contribution in [0.5, 0.6) is 0 Å². The maximum Gasteiger partial charge on any atom is 0.341 e. The summed E-state index contributed by atoms with van der Waals surface area (Å²) in [6.07, 6.45) is 5.59. The van der Waals surface area contributed by atoms with Crippen LogP contribution in [0.3, 0.4) is 0 Å². The van der Waals surface area contributed by atoms with Gasteiger partial charge in [0.1, 0.15) is 5.00 Å². The quantitative estimate of drug-likeness (QED) is 0.631. The average molecular weight is 367 g/mol. The molecule has 0 spiro atoms. The summed E-state index contributed by atoms with van der Waals surface area (Å²) in [5.74, 6) is 1.04. The zero-order chi connectivity index (χ0) is 17.3. The second-order valence-corrected chi connectivity index (χ2v) is 8.68. The second kappa shape index (κ2) is 7.40. The zero-order valence-electron chi connectivity index (χ0n) is 14.7. The van der Waals surface area contributed by atoms with Crippen molar-refractivity contribution in [3.8, 4) is 0 Å². The van der Waals surface area contributed by atoms with Gasteiger partial charge in [-0.05, 0) is 61.7 Å². The topological polar surface area (TPSA) is 41.6 Å². The number of ether oxygens (including phenoxy) is 1. The Hall–Kier alpha value is -1.14. The Morgan fingerprint density at radius 1 is 1.25 bits per heavy atom. The van der Waals surface area contributed by atoms with E-state index in [-0.39, 0.29) is 5.97 Å². The lowest BCUT2D eigenvalue weighted by molar-refractivity contribution is 0.0601. The number of hydrogen-bond acceptors (Lipinski definition) is 4. The largest absolute Gasteiger partial charge is 0.465 e. The molecule has 1 aliphatic carbocycles. The summed E-state index contributed by atoms with van der Waals surface area (Å²) in [4.78, 5) is 15.9. The summed E-state index contributed by atoms with van der Waals surface area (Å²) in [5.41, 5.74) is 1.88. The number of fused-ring (bicyclic) bond motifs is 1. The number of esters is 1. The van der Waals surface area contributed by atoms with Crippen molar-refractivity contribution < 1.29 is 9.53 Å². The molecule has 2 atom stereocenters. The van der Waals surface area contributed by atoms with E-state index < -0.39 is 0 Å². The molecule has 1 N–H and O–H groups in total. The van der Waals surface area contributed by atoms with Gasteiger partial charge in [0.25, 0.3) is 0 Å². The van der Waals surface area contributed by atoms with Crippen LogP contribution in [0.2, 0.25) is 0 Å². The van der Waals surface area contributed by atoms with Crippen molar-refractivity contribution in [3.63, 3.8) is 0 Å². The van der Waals surface area contributed by atoms with Crippen LogP contribution in [0.4, 0.5) is 5.00 Å². The van der Waals surface area contributed by atoms with Gasteiger partial charge >= 0.3 is 5.97 Å². The molecule has 0 bridgehead atoms. The number of aryl methyl sites for hydroxylation is 1. The van der Waals surface area contributed by atoms with Gasteiger partial charge in [-0.25, -0.2) is 4.79 Å². The van der Waals surface area contributed by atoms with Crippen molar-refractivity contribution in [3.05, 3.63) is 16.0 Å². The Bertz CT molecular complexity index is 631. The number of hydrogen-bond donors (Lipinski definition) is 1. The number of piperidine rings is 1. The first kappa shape index (κ1) is 17.7. The van der Waals surface area contributed by atoms with E-state index in [1.54, 1.807) is 11.3 Å². The van der Waals surface area contributed by atoms with Gasteiger partial charge < -0.3 is 15.0 Å². The fourth-order valence-corrected chi connectivity index (χ4v) is 5.57. The first-order chi connectivity index (χ1) is 11.5. The van der Waals surface area contributed by atoms with E-state index in [2.05, 4.69) is 24.1 Å². The SMILES string of the molecule is COC(=O)c1c(NC(=S)N2C[C@H](C)C[C@H](C)C2)sc2c1CCCC2. The van der Waals surface area contributed by atoms with Crippen LogP contribution in [-0.2, 0) is 17.6 Å².